The van der Waals surface area contributed by atoms with Crippen molar-refractivity contribution >= 4 is 33.2 Å². The zero-order valence-electron chi connectivity index (χ0n) is 12.1. The zero-order chi connectivity index (χ0) is 16.3. The summed E-state index contributed by atoms with van der Waals surface area (Å²) in [5, 5.41) is 2.49. The van der Waals surface area contributed by atoms with E-state index in [4.69, 9.17) is 11.6 Å². The summed E-state index contributed by atoms with van der Waals surface area (Å²) in [6.07, 6.45) is 0. The maximum Gasteiger partial charge on any atom is 0.263 e. The molecule has 0 aliphatic carbocycles. The molecule has 0 radical (unpaired) electrons. The van der Waals surface area contributed by atoms with E-state index in [0.29, 0.717) is 5.69 Å². The second kappa shape index (κ2) is 6.37. The molecule has 0 unspecified atom stereocenters. The normalized spacial score (nSPS) is 11.0. The highest BCUT2D eigenvalue weighted by molar-refractivity contribution is 7.92. The van der Waals surface area contributed by atoms with Gasteiger partial charge in [-0.05, 0) is 36.8 Å². The molecule has 0 spiro atoms. The number of hydrogen-bond donors (Lipinski definition) is 2. The Balaban J connectivity index is 2.45. The third kappa shape index (κ3) is 3.40. The molecule has 116 valence electrons. The van der Waals surface area contributed by atoms with Crippen LogP contribution in [0.1, 0.15) is 15.9 Å². The standard InChI is InChI=1S/C15H15ClN2O3S/c1-10-5-3-4-6-13(10)18-22(20,21)14-9-11(15(19)17-2)7-8-12(14)16/h3-9,18H,1-2H3,(H,17,19). The van der Waals surface area contributed by atoms with Crippen LogP contribution in [0.15, 0.2) is 47.4 Å². The van der Waals surface area contributed by atoms with Gasteiger partial charge in [-0.15, -0.1) is 0 Å². The van der Waals surface area contributed by atoms with E-state index in [-0.39, 0.29) is 21.4 Å². The smallest absolute Gasteiger partial charge is 0.263 e. The van der Waals surface area contributed by atoms with Crippen molar-refractivity contribution in [2.45, 2.75) is 11.8 Å². The molecular weight excluding hydrogens is 324 g/mol. The van der Waals surface area contributed by atoms with Gasteiger partial charge in [0.2, 0.25) is 0 Å². The number of nitrogens with one attached hydrogen (secondary N) is 2. The Kier molecular flexibility index (Phi) is 4.73. The van der Waals surface area contributed by atoms with Crippen LogP contribution in [-0.2, 0) is 10.0 Å². The highest BCUT2D eigenvalue weighted by atomic mass is 35.5. The molecule has 0 atom stereocenters. The number of benzene rings is 2. The minimum atomic E-state index is -3.89. The molecule has 2 N–H and O–H groups in total. The van der Waals surface area contributed by atoms with Crippen molar-refractivity contribution in [1.29, 1.82) is 0 Å². The quantitative estimate of drug-likeness (QED) is 0.900. The van der Waals surface area contributed by atoms with Crippen molar-refractivity contribution in [2.24, 2.45) is 0 Å². The monoisotopic (exact) mass is 338 g/mol. The largest absolute Gasteiger partial charge is 0.355 e. The number of rotatable bonds is 4. The maximum absolute atomic E-state index is 12.5. The first-order valence-electron chi connectivity index (χ1n) is 6.45. The molecule has 0 saturated heterocycles. The summed E-state index contributed by atoms with van der Waals surface area (Å²) in [5.41, 5.74) is 1.46. The second-order valence-corrected chi connectivity index (χ2v) is 6.70. The first kappa shape index (κ1) is 16.3. The Morgan fingerprint density at radius 3 is 2.45 bits per heavy atom. The maximum atomic E-state index is 12.5. The van der Waals surface area contributed by atoms with Gasteiger partial charge in [0.1, 0.15) is 4.90 Å². The topological polar surface area (TPSA) is 75.3 Å². The van der Waals surface area contributed by atoms with Crippen LogP contribution < -0.4 is 10.0 Å². The van der Waals surface area contributed by atoms with Gasteiger partial charge in [-0.3, -0.25) is 9.52 Å². The Morgan fingerprint density at radius 2 is 1.82 bits per heavy atom. The number of para-hydroxylation sites is 1. The highest BCUT2D eigenvalue weighted by Gasteiger charge is 2.20. The van der Waals surface area contributed by atoms with Crippen LogP contribution in [0.4, 0.5) is 5.69 Å². The van der Waals surface area contributed by atoms with Gasteiger partial charge in [0.25, 0.3) is 15.9 Å². The van der Waals surface area contributed by atoms with Gasteiger partial charge in [-0.1, -0.05) is 29.8 Å². The van der Waals surface area contributed by atoms with Crippen molar-refractivity contribution in [3.05, 3.63) is 58.6 Å². The molecule has 2 aromatic carbocycles. The summed E-state index contributed by atoms with van der Waals surface area (Å²) in [6, 6.07) is 11.1. The van der Waals surface area contributed by atoms with Gasteiger partial charge in [0.05, 0.1) is 10.7 Å². The number of anilines is 1. The van der Waals surface area contributed by atoms with E-state index in [0.717, 1.165) is 5.56 Å². The molecule has 0 aliphatic rings. The van der Waals surface area contributed by atoms with E-state index in [2.05, 4.69) is 10.0 Å². The van der Waals surface area contributed by atoms with Crippen molar-refractivity contribution in [3.8, 4) is 0 Å². The lowest BCUT2D eigenvalue weighted by Crippen LogP contribution is -2.19. The van der Waals surface area contributed by atoms with Crippen LogP contribution in [0.25, 0.3) is 0 Å². The van der Waals surface area contributed by atoms with Gasteiger partial charge in [-0.25, -0.2) is 8.42 Å². The minimum Gasteiger partial charge on any atom is -0.355 e. The molecule has 0 bridgehead atoms. The van der Waals surface area contributed by atoms with Gasteiger partial charge in [0, 0.05) is 12.6 Å². The van der Waals surface area contributed by atoms with E-state index in [1.54, 1.807) is 25.1 Å². The number of aryl methyl sites for hydroxylation is 1. The molecule has 0 aromatic heterocycles. The Bertz CT molecular complexity index is 819. The minimum absolute atomic E-state index is 0.0498. The number of hydrogen-bond acceptors (Lipinski definition) is 3. The summed E-state index contributed by atoms with van der Waals surface area (Å²) >= 11 is 5.98. The SMILES string of the molecule is CNC(=O)c1ccc(Cl)c(S(=O)(=O)Nc2ccccc2C)c1. The molecule has 7 heteroatoms. The van der Waals surface area contributed by atoms with Gasteiger partial charge in [-0.2, -0.15) is 0 Å². The van der Waals surface area contributed by atoms with E-state index in [1.807, 2.05) is 6.07 Å². The van der Waals surface area contributed by atoms with Crippen molar-refractivity contribution in [2.75, 3.05) is 11.8 Å². The summed E-state index contributed by atoms with van der Waals surface area (Å²) in [5.74, 6) is -0.385. The molecule has 2 rings (SSSR count). The van der Waals surface area contributed by atoms with Crippen LogP contribution in [0, 0.1) is 6.92 Å². The Morgan fingerprint density at radius 1 is 1.14 bits per heavy atom. The van der Waals surface area contributed by atoms with Crippen LogP contribution >= 0.6 is 11.6 Å². The molecular formula is C15H15ClN2O3S. The molecule has 5 nitrogen and oxygen atoms in total. The highest BCUT2D eigenvalue weighted by Crippen LogP contribution is 2.26. The van der Waals surface area contributed by atoms with Crippen molar-refractivity contribution in [1.82, 2.24) is 5.32 Å². The predicted molar refractivity (Wildman–Crippen MR) is 86.8 cm³/mol. The number of halogens is 1. The number of carbonyl (C=O) groups is 1. The Hall–Kier alpha value is -2.05. The van der Waals surface area contributed by atoms with Crippen LogP contribution in [0.3, 0.4) is 0 Å². The third-order valence-corrected chi connectivity index (χ3v) is 4.95. The van der Waals surface area contributed by atoms with Crippen LogP contribution in [0.2, 0.25) is 5.02 Å². The number of carbonyl (C=O) groups excluding carboxylic acids is 1. The molecule has 0 aliphatic heterocycles. The van der Waals surface area contributed by atoms with Gasteiger partial charge < -0.3 is 5.32 Å². The summed E-state index contributed by atoms with van der Waals surface area (Å²) in [4.78, 5) is 11.5. The number of sulfonamides is 1. The molecule has 0 fully saturated rings. The fourth-order valence-corrected chi connectivity index (χ4v) is 3.54. The van der Waals surface area contributed by atoms with Crippen LogP contribution in [0.5, 0.6) is 0 Å². The molecule has 2 aromatic rings. The summed E-state index contributed by atoms with van der Waals surface area (Å²) in [6.45, 7) is 1.79. The zero-order valence-corrected chi connectivity index (χ0v) is 13.6. The number of amides is 1. The second-order valence-electron chi connectivity index (χ2n) is 4.64. The average Bonchev–Trinajstić information content (AvgIpc) is 2.49. The van der Waals surface area contributed by atoms with E-state index in [1.165, 1.54) is 25.2 Å². The van der Waals surface area contributed by atoms with Gasteiger partial charge in [0.15, 0.2) is 0 Å². The lowest BCUT2D eigenvalue weighted by Gasteiger charge is -2.12. The van der Waals surface area contributed by atoms with E-state index < -0.39 is 10.0 Å². The van der Waals surface area contributed by atoms with Gasteiger partial charge >= 0.3 is 0 Å². The first-order chi connectivity index (χ1) is 10.3. The predicted octanol–water partition coefficient (Wildman–Crippen LogP) is 2.81. The lowest BCUT2D eigenvalue weighted by atomic mass is 10.2. The average molecular weight is 339 g/mol. The first-order valence-corrected chi connectivity index (χ1v) is 8.31. The van der Waals surface area contributed by atoms with E-state index in [9.17, 15) is 13.2 Å². The molecule has 22 heavy (non-hydrogen) atoms. The fraction of sp³-hybridized carbons (Fsp3) is 0.133. The third-order valence-electron chi connectivity index (χ3n) is 3.10. The molecule has 0 saturated carbocycles. The summed E-state index contributed by atoms with van der Waals surface area (Å²) < 4.78 is 27.5. The van der Waals surface area contributed by atoms with Crippen molar-refractivity contribution < 1.29 is 13.2 Å². The molecule has 0 heterocycles. The van der Waals surface area contributed by atoms with E-state index >= 15 is 0 Å². The fourth-order valence-electron chi connectivity index (χ4n) is 1.88. The lowest BCUT2D eigenvalue weighted by molar-refractivity contribution is 0.0963. The van der Waals surface area contributed by atoms with Crippen LogP contribution in [-0.4, -0.2) is 21.4 Å². The summed E-state index contributed by atoms with van der Waals surface area (Å²) in [7, 11) is -2.42. The van der Waals surface area contributed by atoms with Crippen molar-refractivity contribution in [3.63, 3.8) is 0 Å². The Labute approximate surface area is 134 Å². The molecule has 1 amide bonds.